The van der Waals surface area contributed by atoms with E-state index in [4.69, 9.17) is 4.99 Å². The number of nitrogens with one attached hydrogen (secondary N) is 1. The van der Waals surface area contributed by atoms with Gasteiger partial charge in [0, 0.05) is 46.2 Å². The Kier molecular flexibility index (Phi) is 7.91. The third-order valence-corrected chi connectivity index (χ3v) is 4.75. The highest BCUT2D eigenvalue weighted by Gasteiger charge is 2.20. The molecule has 1 N–H and O–H groups in total. The van der Waals surface area contributed by atoms with Crippen LogP contribution >= 0.6 is 0 Å². The molecule has 2 rings (SSSR count). The smallest absolute Gasteiger partial charge is 0.219 e. The molecule has 6 heteroatoms. The van der Waals surface area contributed by atoms with Crippen LogP contribution in [0.5, 0.6) is 0 Å². The summed E-state index contributed by atoms with van der Waals surface area (Å²) in [5, 5.41) is 3.39. The quantitative estimate of drug-likeness (QED) is 0.621. The molecule has 0 aliphatic carbocycles. The van der Waals surface area contributed by atoms with Crippen molar-refractivity contribution in [1.82, 2.24) is 20.0 Å². The molecule has 0 aromatic heterocycles. The summed E-state index contributed by atoms with van der Waals surface area (Å²) in [7, 11) is 2.13. The van der Waals surface area contributed by atoms with Crippen molar-refractivity contribution in [2.45, 2.75) is 33.9 Å². The monoisotopic (exact) mass is 359 g/mol. The molecule has 1 saturated heterocycles. The Morgan fingerprint density at radius 1 is 1.15 bits per heavy atom. The third-order valence-electron chi connectivity index (χ3n) is 4.75. The van der Waals surface area contributed by atoms with Crippen LogP contribution in [-0.4, -0.2) is 72.9 Å². The molecule has 0 spiro atoms. The van der Waals surface area contributed by atoms with Crippen LogP contribution < -0.4 is 5.32 Å². The fourth-order valence-corrected chi connectivity index (χ4v) is 3.07. The van der Waals surface area contributed by atoms with Gasteiger partial charge in [0.05, 0.1) is 6.54 Å². The number of carbonyl (C=O) groups excluding carboxylic acids is 1. The first-order chi connectivity index (χ1) is 12.5. The highest BCUT2D eigenvalue weighted by Crippen LogP contribution is 2.10. The number of hydrogen-bond donors (Lipinski definition) is 1. The molecule has 1 aromatic rings. The van der Waals surface area contributed by atoms with Gasteiger partial charge in [0.15, 0.2) is 5.96 Å². The second-order valence-corrected chi connectivity index (χ2v) is 6.81. The van der Waals surface area contributed by atoms with E-state index in [1.165, 1.54) is 11.1 Å². The Bertz CT molecular complexity index is 608. The van der Waals surface area contributed by atoms with Gasteiger partial charge >= 0.3 is 0 Å². The van der Waals surface area contributed by atoms with Crippen LogP contribution in [0.4, 0.5) is 0 Å². The van der Waals surface area contributed by atoms with Gasteiger partial charge in [-0.1, -0.05) is 31.2 Å². The van der Waals surface area contributed by atoms with Crippen LogP contribution in [0.3, 0.4) is 0 Å². The van der Waals surface area contributed by atoms with E-state index in [0.717, 1.165) is 51.8 Å². The normalized spacial score (nSPS) is 15.5. The van der Waals surface area contributed by atoms with E-state index in [-0.39, 0.29) is 5.91 Å². The molecular weight excluding hydrogens is 326 g/mol. The molecule has 0 unspecified atom stereocenters. The summed E-state index contributed by atoms with van der Waals surface area (Å²) in [5.74, 6) is 1.09. The van der Waals surface area contributed by atoms with E-state index in [1.54, 1.807) is 6.92 Å². The lowest BCUT2D eigenvalue weighted by Crippen LogP contribution is -2.53. The minimum Gasteiger partial charge on any atom is -0.357 e. The van der Waals surface area contributed by atoms with Gasteiger partial charge in [0.25, 0.3) is 0 Å². The van der Waals surface area contributed by atoms with Crippen molar-refractivity contribution in [1.29, 1.82) is 0 Å². The lowest BCUT2D eigenvalue weighted by molar-refractivity contribution is -0.130. The molecule has 6 nitrogen and oxygen atoms in total. The van der Waals surface area contributed by atoms with Gasteiger partial charge in [-0.25, -0.2) is 4.99 Å². The van der Waals surface area contributed by atoms with Gasteiger partial charge in [-0.2, -0.15) is 0 Å². The second-order valence-electron chi connectivity index (χ2n) is 6.81. The number of aliphatic imine (C=N–C) groups is 1. The summed E-state index contributed by atoms with van der Waals surface area (Å²) >= 11 is 0. The van der Waals surface area contributed by atoms with Gasteiger partial charge in [-0.15, -0.1) is 0 Å². The number of guanidine groups is 1. The fraction of sp³-hybridized carbons (Fsp3) is 0.600. The highest BCUT2D eigenvalue weighted by atomic mass is 16.2. The number of benzene rings is 1. The number of amides is 1. The molecule has 0 radical (unpaired) electrons. The van der Waals surface area contributed by atoms with Crippen LogP contribution in [-0.2, 0) is 17.9 Å². The molecule has 0 atom stereocenters. The molecule has 1 fully saturated rings. The number of nitrogens with zero attached hydrogens (tertiary/aromatic N) is 4. The van der Waals surface area contributed by atoms with Crippen molar-refractivity contribution in [3.05, 3.63) is 35.4 Å². The molecule has 0 saturated carbocycles. The first kappa shape index (κ1) is 20.2. The molecule has 1 heterocycles. The summed E-state index contributed by atoms with van der Waals surface area (Å²) in [4.78, 5) is 22.8. The number of carbonyl (C=O) groups is 1. The average Bonchev–Trinajstić information content (AvgIpc) is 2.65. The largest absolute Gasteiger partial charge is 0.357 e. The van der Waals surface area contributed by atoms with Gasteiger partial charge in [0.2, 0.25) is 5.91 Å². The molecule has 26 heavy (non-hydrogen) atoms. The molecule has 144 valence electrons. The Balaban J connectivity index is 2.01. The first-order valence-electron chi connectivity index (χ1n) is 9.58. The zero-order valence-corrected chi connectivity index (χ0v) is 16.7. The summed E-state index contributed by atoms with van der Waals surface area (Å²) in [5.41, 5.74) is 2.55. The minimum atomic E-state index is 0.153. The number of hydrogen-bond acceptors (Lipinski definition) is 3. The third kappa shape index (κ3) is 6.02. The van der Waals surface area contributed by atoms with Crippen LogP contribution in [0.25, 0.3) is 0 Å². The van der Waals surface area contributed by atoms with Crippen molar-refractivity contribution >= 4 is 11.9 Å². The van der Waals surface area contributed by atoms with Gasteiger partial charge in [-0.3, -0.25) is 4.79 Å². The van der Waals surface area contributed by atoms with Gasteiger partial charge < -0.3 is 20.0 Å². The summed E-state index contributed by atoms with van der Waals surface area (Å²) < 4.78 is 0. The lowest BCUT2D eigenvalue weighted by atomic mass is 10.1. The van der Waals surface area contributed by atoms with Crippen LogP contribution in [0.1, 0.15) is 31.9 Å². The molecule has 0 bridgehead atoms. The van der Waals surface area contributed by atoms with Crippen LogP contribution in [0.2, 0.25) is 0 Å². The number of rotatable bonds is 6. The summed E-state index contributed by atoms with van der Waals surface area (Å²) in [6.45, 7) is 12.6. The summed E-state index contributed by atoms with van der Waals surface area (Å²) in [6.07, 6.45) is 0. The zero-order valence-electron chi connectivity index (χ0n) is 16.7. The molecule has 1 aliphatic heterocycles. The molecule has 1 amide bonds. The van der Waals surface area contributed by atoms with Gasteiger partial charge in [0.1, 0.15) is 0 Å². The lowest BCUT2D eigenvalue weighted by Gasteiger charge is -2.36. The van der Waals surface area contributed by atoms with Crippen molar-refractivity contribution in [2.75, 3.05) is 46.3 Å². The van der Waals surface area contributed by atoms with E-state index in [9.17, 15) is 4.79 Å². The van der Waals surface area contributed by atoms with Crippen molar-refractivity contribution in [3.8, 4) is 0 Å². The summed E-state index contributed by atoms with van der Waals surface area (Å²) in [6, 6.07) is 8.66. The predicted molar refractivity (Wildman–Crippen MR) is 107 cm³/mol. The maximum Gasteiger partial charge on any atom is 0.219 e. The minimum absolute atomic E-state index is 0.153. The topological polar surface area (TPSA) is 51.2 Å². The maximum atomic E-state index is 11.5. The van der Waals surface area contributed by atoms with Crippen LogP contribution in [0, 0.1) is 0 Å². The standard InChI is InChI=1S/C20H33N5O/c1-5-21-20(25-12-10-24(11-13-25)17(3)26)22-15-18-8-7-9-19(14-18)16-23(4)6-2/h7-9,14H,5-6,10-13,15-16H2,1-4H3,(H,21,22). The molecule has 1 aromatic carbocycles. The number of piperazine rings is 1. The SMILES string of the molecule is CCNC(=NCc1cccc(CN(C)CC)c1)N1CCN(C(C)=O)CC1. The van der Waals surface area contributed by atoms with E-state index < -0.39 is 0 Å². The van der Waals surface area contributed by atoms with E-state index in [0.29, 0.717) is 6.54 Å². The Morgan fingerprint density at radius 3 is 2.42 bits per heavy atom. The Hall–Kier alpha value is -2.08. The van der Waals surface area contributed by atoms with Crippen molar-refractivity contribution in [2.24, 2.45) is 4.99 Å². The zero-order chi connectivity index (χ0) is 18.9. The van der Waals surface area contributed by atoms with Gasteiger partial charge in [-0.05, 0) is 31.6 Å². The van der Waals surface area contributed by atoms with E-state index in [1.807, 2.05) is 4.90 Å². The fourth-order valence-electron chi connectivity index (χ4n) is 3.07. The van der Waals surface area contributed by atoms with Crippen molar-refractivity contribution in [3.63, 3.8) is 0 Å². The van der Waals surface area contributed by atoms with Crippen molar-refractivity contribution < 1.29 is 4.79 Å². The maximum absolute atomic E-state index is 11.5. The van der Waals surface area contributed by atoms with E-state index >= 15 is 0 Å². The predicted octanol–water partition coefficient (Wildman–Crippen LogP) is 1.77. The Morgan fingerprint density at radius 2 is 1.81 bits per heavy atom. The molecular formula is C20H33N5O. The average molecular weight is 360 g/mol. The Labute approximate surface area is 157 Å². The van der Waals surface area contributed by atoms with Crippen LogP contribution in [0.15, 0.2) is 29.3 Å². The second kappa shape index (κ2) is 10.2. The van der Waals surface area contributed by atoms with E-state index in [2.05, 4.69) is 60.3 Å². The first-order valence-corrected chi connectivity index (χ1v) is 9.58. The highest BCUT2D eigenvalue weighted by molar-refractivity contribution is 5.80. The molecule has 1 aliphatic rings.